The van der Waals surface area contributed by atoms with Crippen LogP contribution >= 0.6 is 11.6 Å². The second kappa shape index (κ2) is 8.92. The van der Waals surface area contributed by atoms with Gasteiger partial charge in [0.15, 0.2) is 0 Å². The molecule has 2 aromatic rings. The maximum absolute atomic E-state index is 13.0. The minimum atomic E-state index is -4.55. The Hall–Kier alpha value is -2.52. The van der Waals surface area contributed by atoms with Crippen molar-refractivity contribution in [1.82, 2.24) is 10.3 Å². The van der Waals surface area contributed by atoms with Gasteiger partial charge in [0, 0.05) is 11.1 Å². The highest BCUT2D eigenvalue weighted by Crippen LogP contribution is 2.37. The van der Waals surface area contributed by atoms with Crippen molar-refractivity contribution in [3.63, 3.8) is 0 Å². The molecule has 1 aliphatic rings. The summed E-state index contributed by atoms with van der Waals surface area (Å²) in [5.74, 6) is 0. The van der Waals surface area contributed by atoms with Crippen LogP contribution < -0.4 is 16.4 Å². The van der Waals surface area contributed by atoms with Gasteiger partial charge in [0.05, 0.1) is 35.4 Å². The van der Waals surface area contributed by atoms with E-state index >= 15 is 0 Å². The number of nitrogens with two attached hydrogens (primary N) is 1. The molecule has 0 radical (unpaired) electrons. The smallest absolute Gasteiger partial charge is 0.418 e. The first-order chi connectivity index (χ1) is 12.6. The fraction of sp³-hybridized carbons (Fsp3) is 0.294. The first-order valence-electron chi connectivity index (χ1n) is 7.96. The highest BCUT2D eigenvalue weighted by Gasteiger charge is 2.33. The topological polar surface area (TPSA) is 100 Å². The van der Waals surface area contributed by atoms with E-state index in [0.29, 0.717) is 17.4 Å². The third kappa shape index (κ3) is 7.32. The van der Waals surface area contributed by atoms with Gasteiger partial charge in [0.25, 0.3) is 0 Å². The maximum Gasteiger partial charge on any atom is 0.418 e. The molecule has 1 fully saturated rings. The van der Waals surface area contributed by atoms with Crippen molar-refractivity contribution >= 4 is 29.1 Å². The number of rotatable bonds is 4. The molecule has 0 saturated heterocycles. The highest BCUT2D eigenvalue weighted by atomic mass is 35.5. The first-order valence-corrected chi connectivity index (χ1v) is 8.34. The summed E-state index contributed by atoms with van der Waals surface area (Å²) in [6.45, 7) is 0.00432. The van der Waals surface area contributed by atoms with Crippen LogP contribution in [0.2, 0.25) is 5.02 Å². The number of nitrogens with zero attached hydrogens (tertiary/aromatic N) is 1. The number of nitrogens with one attached hydrogen (secondary N) is 2. The number of carbonyl (C=O) groups is 1. The molecular weight excluding hydrogens is 385 g/mol. The van der Waals surface area contributed by atoms with Crippen molar-refractivity contribution in [2.24, 2.45) is 5.73 Å². The summed E-state index contributed by atoms with van der Waals surface area (Å²) in [5, 5.41) is 13.2. The largest absolute Gasteiger partial charge is 0.465 e. The normalized spacial score (nSPS) is 13.4. The SMILES string of the molecule is NC1CC1.O=C(O)NCc1ccc(Nc2ccc(Cl)cc2C(F)(F)F)cn1. The summed E-state index contributed by atoms with van der Waals surface area (Å²) in [7, 11) is 0. The van der Waals surface area contributed by atoms with Gasteiger partial charge in [-0.2, -0.15) is 13.2 Å². The van der Waals surface area contributed by atoms with Crippen molar-refractivity contribution < 1.29 is 23.1 Å². The Kier molecular flexibility index (Phi) is 6.86. The molecule has 0 spiro atoms. The van der Waals surface area contributed by atoms with Crippen LogP contribution in [0.5, 0.6) is 0 Å². The number of halogens is 4. The van der Waals surface area contributed by atoms with Gasteiger partial charge in [-0.1, -0.05) is 11.6 Å². The lowest BCUT2D eigenvalue weighted by atomic mass is 10.1. The quantitative estimate of drug-likeness (QED) is 0.608. The van der Waals surface area contributed by atoms with E-state index in [1.54, 1.807) is 0 Å². The molecule has 5 N–H and O–H groups in total. The highest BCUT2D eigenvalue weighted by molar-refractivity contribution is 6.30. The molecule has 27 heavy (non-hydrogen) atoms. The Morgan fingerprint density at radius 1 is 1.30 bits per heavy atom. The molecule has 1 amide bonds. The number of benzene rings is 1. The number of alkyl halides is 3. The molecule has 10 heteroatoms. The molecule has 0 unspecified atom stereocenters. The van der Waals surface area contributed by atoms with Gasteiger partial charge >= 0.3 is 12.3 Å². The Morgan fingerprint density at radius 2 is 1.96 bits per heavy atom. The van der Waals surface area contributed by atoms with Crippen LogP contribution in [-0.4, -0.2) is 22.2 Å². The minimum absolute atomic E-state index is 0.00432. The zero-order valence-corrected chi connectivity index (χ0v) is 14.8. The lowest BCUT2D eigenvalue weighted by molar-refractivity contribution is -0.136. The zero-order valence-electron chi connectivity index (χ0n) is 14.1. The number of hydrogen-bond acceptors (Lipinski definition) is 4. The summed E-state index contributed by atoms with van der Waals surface area (Å²) in [6, 6.07) is 6.99. The van der Waals surface area contributed by atoms with E-state index in [-0.39, 0.29) is 17.3 Å². The van der Waals surface area contributed by atoms with Gasteiger partial charge in [0.2, 0.25) is 0 Å². The number of pyridine rings is 1. The lowest BCUT2D eigenvalue weighted by Crippen LogP contribution is -2.20. The Balaban J connectivity index is 0.000000576. The van der Waals surface area contributed by atoms with Crippen molar-refractivity contribution in [2.75, 3.05) is 5.32 Å². The molecule has 3 rings (SSSR count). The number of amides is 1. The number of anilines is 2. The minimum Gasteiger partial charge on any atom is -0.465 e. The van der Waals surface area contributed by atoms with Crippen molar-refractivity contribution in [3.8, 4) is 0 Å². The van der Waals surface area contributed by atoms with Crippen LogP contribution in [0, 0.1) is 0 Å². The molecule has 1 heterocycles. The first kappa shape index (κ1) is 20.8. The second-order valence-corrected chi connectivity index (χ2v) is 6.28. The van der Waals surface area contributed by atoms with Crippen molar-refractivity contribution in [3.05, 3.63) is 52.8 Å². The molecule has 0 bridgehead atoms. The molecule has 1 saturated carbocycles. The standard InChI is InChI=1S/C14H11ClF3N3O2.C3H7N/c15-8-1-4-12(11(5-8)14(16,17)18)21-10-3-2-9(19-7-10)6-20-13(22)23;4-3-1-2-3/h1-5,7,20-21H,6H2,(H,22,23);3H,1-2,4H2. The molecule has 1 aromatic carbocycles. The second-order valence-electron chi connectivity index (χ2n) is 5.85. The summed E-state index contributed by atoms with van der Waals surface area (Å²) >= 11 is 5.61. The van der Waals surface area contributed by atoms with Gasteiger partial charge in [-0.05, 0) is 43.2 Å². The fourth-order valence-electron chi connectivity index (χ4n) is 1.88. The summed E-state index contributed by atoms with van der Waals surface area (Å²) in [6.07, 6.45) is -1.90. The van der Waals surface area contributed by atoms with Gasteiger partial charge in [-0.15, -0.1) is 0 Å². The Labute approximate surface area is 158 Å². The number of aromatic nitrogens is 1. The third-order valence-corrected chi connectivity index (χ3v) is 3.67. The number of carboxylic acid groups (broad SMARTS) is 1. The van der Waals surface area contributed by atoms with Crippen LogP contribution in [-0.2, 0) is 12.7 Å². The molecule has 1 aliphatic carbocycles. The van der Waals surface area contributed by atoms with E-state index in [4.69, 9.17) is 22.4 Å². The lowest BCUT2D eigenvalue weighted by Gasteiger charge is -2.15. The maximum atomic E-state index is 13.0. The predicted octanol–water partition coefficient (Wildman–Crippen LogP) is 4.37. The Morgan fingerprint density at radius 3 is 2.44 bits per heavy atom. The van der Waals surface area contributed by atoms with Crippen LogP contribution in [0.3, 0.4) is 0 Å². The van der Waals surface area contributed by atoms with Gasteiger partial charge in [-0.3, -0.25) is 4.98 Å². The van der Waals surface area contributed by atoms with Crippen LogP contribution in [0.1, 0.15) is 24.1 Å². The van der Waals surface area contributed by atoms with E-state index in [2.05, 4.69) is 15.6 Å². The van der Waals surface area contributed by atoms with Gasteiger partial charge in [-0.25, -0.2) is 4.79 Å². The molecule has 146 valence electrons. The summed E-state index contributed by atoms with van der Waals surface area (Å²) in [4.78, 5) is 14.3. The molecule has 0 aliphatic heterocycles. The Bertz CT molecular complexity index is 781. The van der Waals surface area contributed by atoms with Crippen LogP contribution in [0.25, 0.3) is 0 Å². The zero-order chi connectivity index (χ0) is 20.0. The fourth-order valence-corrected chi connectivity index (χ4v) is 2.05. The molecule has 6 nitrogen and oxygen atoms in total. The number of hydrogen-bond donors (Lipinski definition) is 4. The summed E-state index contributed by atoms with van der Waals surface area (Å²) < 4.78 is 39.0. The van der Waals surface area contributed by atoms with E-state index in [1.807, 2.05) is 0 Å². The van der Waals surface area contributed by atoms with Crippen LogP contribution in [0.15, 0.2) is 36.5 Å². The van der Waals surface area contributed by atoms with Crippen molar-refractivity contribution in [2.45, 2.75) is 31.6 Å². The average molecular weight is 403 g/mol. The van der Waals surface area contributed by atoms with Gasteiger partial charge in [0.1, 0.15) is 0 Å². The van der Waals surface area contributed by atoms with E-state index < -0.39 is 17.8 Å². The monoisotopic (exact) mass is 402 g/mol. The van der Waals surface area contributed by atoms with E-state index in [0.717, 1.165) is 6.07 Å². The van der Waals surface area contributed by atoms with E-state index in [1.165, 1.54) is 43.3 Å². The third-order valence-electron chi connectivity index (χ3n) is 3.43. The van der Waals surface area contributed by atoms with Crippen molar-refractivity contribution in [1.29, 1.82) is 0 Å². The van der Waals surface area contributed by atoms with E-state index in [9.17, 15) is 18.0 Å². The van der Waals surface area contributed by atoms with Gasteiger partial charge < -0.3 is 21.5 Å². The predicted molar refractivity (Wildman–Crippen MR) is 96.0 cm³/mol. The summed E-state index contributed by atoms with van der Waals surface area (Å²) in [5.41, 5.74) is 4.95. The molecule has 1 aromatic heterocycles. The average Bonchev–Trinajstić information content (AvgIpc) is 3.37. The van der Waals surface area contributed by atoms with Crippen LogP contribution in [0.4, 0.5) is 29.3 Å². The molecule has 0 atom stereocenters. The molecular formula is C17H18ClF3N4O2.